The van der Waals surface area contributed by atoms with E-state index in [0.29, 0.717) is 0 Å². The second-order valence-corrected chi connectivity index (χ2v) is 17.0. The Bertz CT molecular complexity index is 3390. The Labute approximate surface area is 343 Å². The van der Waals surface area contributed by atoms with Crippen LogP contribution in [0.2, 0.25) is 0 Å². The van der Waals surface area contributed by atoms with Crippen molar-refractivity contribution < 1.29 is 0 Å². The SMILES string of the molecule is c1ccc(N(c2cc(-c3cccc4c3sc3ccccc34)cc(-c3cccc4c3sc3ccccc34)c2)c2ccc3c4ccccc4n(-c4ccccc4)c3c2)cc1. The third-order valence-electron chi connectivity index (χ3n) is 11.6. The molecule has 0 fully saturated rings. The molecule has 0 spiro atoms. The Balaban J connectivity index is 1.15. The fourth-order valence-corrected chi connectivity index (χ4v) is 11.5. The van der Waals surface area contributed by atoms with Crippen molar-refractivity contribution >= 4 is 102 Å². The van der Waals surface area contributed by atoms with Gasteiger partial charge < -0.3 is 9.47 Å². The van der Waals surface area contributed by atoms with Crippen molar-refractivity contribution in [1.29, 1.82) is 0 Å². The third kappa shape index (κ3) is 5.23. The summed E-state index contributed by atoms with van der Waals surface area (Å²) in [6.45, 7) is 0. The molecule has 12 aromatic rings. The zero-order chi connectivity index (χ0) is 38.2. The topological polar surface area (TPSA) is 8.17 Å². The van der Waals surface area contributed by atoms with Gasteiger partial charge in [0, 0.05) is 73.9 Å². The van der Waals surface area contributed by atoms with Gasteiger partial charge in [-0.1, -0.05) is 133 Å². The summed E-state index contributed by atoms with van der Waals surface area (Å²) in [6.07, 6.45) is 0. The first-order valence-electron chi connectivity index (χ1n) is 19.7. The summed E-state index contributed by atoms with van der Waals surface area (Å²) in [5.41, 5.74) is 11.7. The maximum absolute atomic E-state index is 2.44. The number of para-hydroxylation sites is 3. The van der Waals surface area contributed by atoms with Gasteiger partial charge in [-0.2, -0.15) is 0 Å². The first-order valence-corrected chi connectivity index (χ1v) is 21.3. The van der Waals surface area contributed by atoms with Crippen LogP contribution in [-0.4, -0.2) is 4.57 Å². The van der Waals surface area contributed by atoms with E-state index in [1.807, 2.05) is 22.7 Å². The average Bonchev–Trinajstić information content (AvgIpc) is 3.97. The number of aromatic nitrogens is 1. The van der Waals surface area contributed by atoms with Crippen molar-refractivity contribution in [1.82, 2.24) is 4.57 Å². The molecule has 0 saturated carbocycles. The maximum atomic E-state index is 2.44. The quantitative estimate of drug-likeness (QED) is 0.163. The van der Waals surface area contributed by atoms with E-state index in [9.17, 15) is 0 Å². The summed E-state index contributed by atoms with van der Waals surface area (Å²) in [5.74, 6) is 0. The van der Waals surface area contributed by atoms with Gasteiger partial charge in [0.05, 0.1) is 11.0 Å². The van der Waals surface area contributed by atoms with Crippen molar-refractivity contribution in [2.45, 2.75) is 0 Å². The van der Waals surface area contributed by atoms with Crippen molar-refractivity contribution in [3.05, 3.63) is 206 Å². The molecule has 58 heavy (non-hydrogen) atoms. The molecule has 0 aliphatic heterocycles. The van der Waals surface area contributed by atoms with Gasteiger partial charge in [0.25, 0.3) is 0 Å². The Kier molecular flexibility index (Phi) is 7.62. The minimum atomic E-state index is 1.10. The molecule has 0 radical (unpaired) electrons. The molecule has 3 aromatic heterocycles. The number of thiophene rings is 2. The van der Waals surface area contributed by atoms with Crippen LogP contribution in [0.1, 0.15) is 0 Å². The van der Waals surface area contributed by atoms with Crippen LogP contribution in [0.15, 0.2) is 206 Å². The highest BCUT2D eigenvalue weighted by molar-refractivity contribution is 7.26. The van der Waals surface area contributed by atoms with E-state index in [-0.39, 0.29) is 0 Å². The van der Waals surface area contributed by atoms with Gasteiger partial charge in [-0.3, -0.25) is 0 Å². The standard InChI is InChI=1S/C54H34N2S2/c1-3-15-37(16-4-1)55(39-29-30-44-43-19-7-10-26-49(43)56(50(44)34-39)38-17-5-2-6-18-38)40-32-35(41-22-13-24-47-45-20-8-11-27-51(45)57-53(41)47)31-36(33-40)42-23-14-25-48-46-21-9-12-28-52(46)58-54(42)48/h1-34H. The lowest BCUT2D eigenvalue weighted by Crippen LogP contribution is -2.10. The number of benzene rings is 9. The number of nitrogens with zero attached hydrogens (tertiary/aromatic N) is 2. The van der Waals surface area contributed by atoms with Gasteiger partial charge in [-0.05, 0) is 95.1 Å². The molecule has 0 unspecified atom stereocenters. The second-order valence-electron chi connectivity index (χ2n) is 14.9. The van der Waals surface area contributed by atoms with Gasteiger partial charge in [-0.15, -0.1) is 22.7 Å². The molecule has 0 amide bonds. The van der Waals surface area contributed by atoms with Crippen LogP contribution < -0.4 is 4.90 Å². The van der Waals surface area contributed by atoms with Crippen LogP contribution in [0.25, 0.3) is 90.1 Å². The first-order chi connectivity index (χ1) is 28.8. The Morgan fingerprint density at radius 3 is 1.48 bits per heavy atom. The highest BCUT2D eigenvalue weighted by Crippen LogP contribution is 2.47. The summed E-state index contributed by atoms with van der Waals surface area (Å²) in [6, 6.07) is 75.7. The Morgan fingerprint density at radius 2 is 0.845 bits per heavy atom. The van der Waals surface area contributed by atoms with Crippen LogP contribution in [0, 0.1) is 0 Å². The van der Waals surface area contributed by atoms with E-state index in [2.05, 4.69) is 216 Å². The third-order valence-corrected chi connectivity index (χ3v) is 14.0. The second kappa shape index (κ2) is 13.3. The molecule has 2 nitrogen and oxygen atoms in total. The fraction of sp³-hybridized carbons (Fsp3) is 0. The molecule has 0 N–H and O–H groups in total. The summed E-state index contributed by atoms with van der Waals surface area (Å²) in [7, 11) is 0. The van der Waals surface area contributed by atoms with E-state index >= 15 is 0 Å². The van der Waals surface area contributed by atoms with E-state index in [0.717, 1.165) is 22.7 Å². The van der Waals surface area contributed by atoms with E-state index in [1.165, 1.54) is 84.4 Å². The summed E-state index contributed by atoms with van der Waals surface area (Å²) >= 11 is 3.77. The predicted octanol–water partition coefficient (Wildman–Crippen LogP) is 16.3. The highest BCUT2D eigenvalue weighted by atomic mass is 32.1. The zero-order valence-corrected chi connectivity index (χ0v) is 33.0. The molecular weight excluding hydrogens is 741 g/mol. The van der Waals surface area contributed by atoms with Gasteiger partial charge in [-0.25, -0.2) is 0 Å². The van der Waals surface area contributed by atoms with Crippen LogP contribution >= 0.6 is 22.7 Å². The normalized spacial score (nSPS) is 11.8. The number of fused-ring (bicyclic) bond motifs is 9. The maximum Gasteiger partial charge on any atom is 0.0561 e. The van der Waals surface area contributed by atoms with Crippen molar-refractivity contribution in [3.63, 3.8) is 0 Å². The van der Waals surface area contributed by atoms with Gasteiger partial charge >= 0.3 is 0 Å². The molecule has 12 rings (SSSR count). The minimum absolute atomic E-state index is 1.10. The lowest BCUT2D eigenvalue weighted by Gasteiger charge is -2.27. The Hall–Kier alpha value is -6.98. The predicted molar refractivity (Wildman–Crippen MR) is 252 cm³/mol. The van der Waals surface area contributed by atoms with Gasteiger partial charge in [0.15, 0.2) is 0 Å². The van der Waals surface area contributed by atoms with E-state index in [1.54, 1.807) is 0 Å². The number of hydrogen-bond donors (Lipinski definition) is 0. The fourth-order valence-electron chi connectivity index (χ4n) is 8.98. The zero-order valence-electron chi connectivity index (χ0n) is 31.3. The molecule has 9 aromatic carbocycles. The lowest BCUT2D eigenvalue weighted by atomic mass is 9.95. The smallest absolute Gasteiger partial charge is 0.0561 e. The molecular formula is C54H34N2S2. The van der Waals surface area contributed by atoms with Crippen LogP contribution in [0.5, 0.6) is 0 Å². The van der Waals surface area contributed by atoms with Crippen LogP contribution in [-0.2, 0) is 0 Å². The molecule has 0 bridgehead atoms. The van der Waals surface area contributed by atoms with Crippen LogP contribution in [0.3, 0.4) is 0 Å². The monoisotopic (exact) mass is 774 g/mol. The number of rotatable bonds is 6. The first kappa shape index (κ1) is 33.2. The molecule has 3 heterocycles. The molecule has 272 valence electrons. The van der Waals surface area contributed by atoms with Crippen molar-refractivity contribution in [2.75, 3.05) is 4.90 Å². The van der Waals surface area contributed by atoms with Crippen LogP contribution in [0.4, 0.5) is 17.1 Å². The highest BCUT2D eigenvalue weighted by Gasteiger charge is 2.21. The summed E-state index contributed by atoms with van der Waals surface area (Å²) < 4.78 is 7.65. The Morgan fingerprint density at radius 1 is 0.328 bits per heavy atom. The molecule has 0 aliphatic rings. The number of hydrogen-bond acceptors (Lipinski definition) is 3. The molecule has 0 saturated heterocycles. The van der Waals surface area contributed by atoms with Crippen molar-refractivity contribution in [2.24, 2.45) is 0 Å². The van der Waals surface area contributed by atoms with Gasteiger partial charge in [0.1, 0.15) is 0 Å². The largest absolute Gasteiger partial charge is 0.310 e. The minimum Gasteiger partial charge on any atom is -0.310 e. The molecule has 0 atom stereocenters. The molecule has 0 aliphatic carbocycles. The van der Waals surface area contributed by atoms with Gasteiger partial charge in [0.2, 0.25) is 0 Å². The lowest BCUT2D eigenvalue weighted by molar-refractivity contribution is 1.18. The van der Waals surface area contributed by atoms with Crippen molar-refractivity contribution in [3.8, 4) is 27.9 Å². The summed E-state index contributed by atoms with van der Waals surface area (Å²) in [5, 5.41) is 7.70. The summed E-state index contributed by atoms with van der Waals surface area (Å²) in [4.78, 5) is 2.44. The average molecular weight is 775 g/mol. The molecule has 4 heteroatoms. The number of anilines is 3. The van der Waals surface area contributed by atoms with E-state index < -0.39 is 0 Å². The van der Waals surface area contributed by atoms with E-state index in [4.69, 9.17) is 0 Å².